The number of imidazole rings is 1. The Labute approximate surface area is 229 Å². The van der Waals surface area contributed by atoms with Crippen molar-refractivity contribution in [2.45, 2.75) is 25.0 Å². The zero-order valence-electron chi connectivity index (χ0n) is 21.1. The summed E-state index contributed by atoms with van der Waals surface area (Å²) in [6.45, 7) is 1.50. The van der Waals surface area contributed by atoms with Crippen LogP contribution in [-0.2, 0) is 20.0 Å². The first-order chi connectivity index (χ1) is 19.0. The van der Waals surface area contributed by atoms with Crippen molar-refractivity contribution in [3.63, 3.8) is 0 Å². The molecule has 2 heterocycles. The predicted molar refractivity (Wildman–Crippen MR) is 148 cm³/mol. The third-order valence-corrected chi connectivity index (χ3v) is 10.1. The monoisotopic (exact) mass is 583 g/mol. The Hall–Kier alpha value is -4.10. The first-order valence-electron chi connectivity index (χ1n) is 12.4. The van der Waals surface area contributed by atoms with Gasteiger partial charge < -0.3 is 0 Å². The second kappa shape index (κ2) is 9.52. The minimum Gasteiger partial charge on any atom is -0.299 e. The highest BCUT2D eigenvalue weighted by atomic mass is 32.2. The molecule has 1 aliphatic rings. The Balaban J connectivity index is 1.42. The van der Waals surface area contributed by atoms with Crippen LogP contribution >= 0.6 is 0 Å². The zero-order valence-corrected chi connectivity index (χ0v) is 22.8. The van der Waals surface area contributed by atoms with E-state index in [-0.39, 0.29) is 22.3 Å². The molecule has 0 atom stereocenters. The highest BCUT2D eigenvalue weighted by molar-refractivity contribution is 7.92. The highest BCUT2D eigenvalue weighted by Gasteiger charge is 2.37. The first-order valence-corrected chi connectivity index (χ1v) is 15.6. The lowest BCUT2D eigenvalue weighted by molar-refractivity contribution is 0.578. The van der Waals surface area contributed by atoms with Crippen molar-refractivity contribution in [1.82, 2.24) is 18.7 Å². The number of aromatic nitrogens is 4. The van der Waals surface area contributed by atoms with Crippen molar-refractivity contribution in [3.05, 3.63) is 85.0 Å². The molecule has 1 saturated carbocycles. The molecule has 1 fully saturated rings. The summed E-state index contributed by atoms with van der Waals surface area (Å²) in [5.74, 6) is -1.67. The van der Waals surface area contributed by atoms with E-state index in [1.807, 2.05) is 0 Å². The number of hydrogen-bond donors (Lipinski definition) is 1. The number of halogens is 2. The first kappa shape index (κ1) is 26.1. The molecule has 0 amide bonds. The summed E-state index contributed by atoms with van der Waals surface area (Å²) < 4.78 is 83.1. The van der Waals surface area contributed by atoms with Gasteiger partial charge in [-0.25, -0.2) is 30.6 Å². The van der Waals surface area contributed by atoms with Crippen LogP contribution in [0.2, 0.25) is 0 Å². The van der Waals surface area contributed by atoms with Gasteiger partial charge in [-0.05, 0) is 73.4 Å². The molecule has 6 rings (SSSR count). The van der Waals surface area contributed by atoms with Crippen LogP contribution in [0.1, 0.15) is 19.8 Å². The van der Waals surface area contributed by atoms with Crippen molar-refractivity contribution in [3.8, 4) is 27.9 Å². The third-order valence-electron chi connectivity index (χ3n) is 6.74. The average Bonchev–Trinajstić information content (AvgIpc) is 3.51. The quantitative estimate of drug-likeness (QED) is 0.277. The predicted octanol–water partition coefficient (Wildman–Crippen LogP) is 4.94. The Morgan fingerprint density at radius 3 is 2.48 bits per heavy atom. The van der Waals surface area contributed by atoms with E-state index in [1.165, 1.54) is 31.5 Å². The molecule has 206 valence electrons. The summed E-state index contributed by atoms with van der Waals surface area (Å²) in [5.41, 5.74) is 3.73. The Morgan fingerprint density at radius 1 is 0.950 bits per heavy atom. The van der Waals surface area contributed by atoms with Gasteiger partial charge in [0.25, 0.3) is 10.0 Å². The Bertz CT molecular complexity index is 2000. The summed E-state index contributed by atoms with van der Waals surface area (Å²) in [4.78, 5) is 4.48. The molecule has 0 bridgehead atoms. The van der Waals surface area contributed by atoms with Crippen LogP contribution in [0.25, 0.3) is 39.0 Å². The van der Waals surface area contributed by atoms with Crippen molar-refractivity contribution < 1.29 is 25.6 Å². The van der Waals surface area contributed by atoms with Crippen LogP contribution in [0.3, 0.4) is 0 Å². The third kappa shape index (κ3) is 4.86. The molecule has 0 aliphatic heterocycles. The van der Waals surface area contributed by atoms with Gasteiger partial charge >= 0.3 is 0 Å². The van der Waals surface area contributed by atoms with Crippen molar-refractivity contribution in [2.24, 2.45) is 0 Å². The smallest absolute Gasteiger partial charge is 0.256 e. The summed E-state index contributed by atoms with van der Waals surface area (Å²) in [6, 6.07) is 13.3. The SMILES string of the molecule is CCS(=O)(=O)Nc1cc(-c2ccc(F)cc2F)cc(-n2cnc3cc(-c4cnn(S(=O)(=O)C5CC5)c4)ccc32)c1. The Morgan fingerprint density at radius 2 is 1.75 bits per heavy atom. The fourth-order valence-corrected chi connectivity index (χ4v) is 6.55. The van der Waals surface area contributed by atoms with Gasteiger partial charge in [0.05, 0.1) is 40.1 Å². The van der Waals surface area contributed by atoms with Gasteiger partial charge in [0, 0.05) is 22.9 Å². The molecular formula is C27H23F2N5O4S2. The van der Waals surface area contributed by atoms with Crippen LogP contribution in [0.4, 0.5) is 14.5 Å². The maximum atomic E-state index is 14.7. The second-order valence-corrected chi connectivity index (χ2v) is 13.6. The van der Waals surface area contributed by atoms with Gasteiger partial charge in [0.1, 0.15) is 18.0 Å². The van der Waals surface area contributed by atoms with Gasteiger partial charge in [0.15, 0.2) is 0 Å². The van der Waals surface area contributed by atoms with Crippen LogP contribution in [0.5, 0.6) is 0 Å². The number of anilines is 1. The van der Waals surface area contributed by atoms with E-state index in [2.05, 4.69) is 14.8 Å². The van der Waals surface area contributed by atoms with Gasteiger partial charge in [-0.15, -0.1) is 0 Å². The molecule has 2 aromatic heterocycles. The molecule has 40 heavy (non-hydrogen) atoms. The molecule has 0 spiro atoms. The summed E-state index contributed by atoms with van der Waals surface area (Å²) in [6.07, 6.45) is 5.80. The van der Waals surface area contributed by atoms with Crippen molar-refractivity contribution in [2.75, 3.05) is 10.5 Å². The highest BCUT2D eigenvalue weighted by Crippen LogP contribution is 2.33. The lowest BCUT2D eigenvalue weighted by Crippen LogP contribution is -2.17. The zero-order chi connectivity index (χ0) is 28.2. The molecule has 9 nitrogen and oxygen atoms in total. The van der Waals surface area contributed by atoms with E-state index in [9.17, 15) is 25.6 Å². The number of nitrogens with one attached hydrogen (secondary N) is 1. The molecule has 0 saturated heterocycles. The van der Waals surface area contributed by atoms with Crippen molar-refractivity contribution >= 4 is 36.8 Å². The maximum absolute atomic E-state index is 14.7. The molecule has 13 heteroatoms. The normalized spacial score (nSPS) is 14.1. The largest absolute Gasteiger partial charge is 0.299 e. The average molecular weight is 584 g/mol. The summed E-state index contributed by atoms with van der Waals surface area (Å²) in [7, 11) is -7.13. The maximum Gasteiger partial charge on any atom is 0.256 e. The van der Waals surface area contributed by atoms with E-state index < -0.39 is 31.7 Å². The van der Waals surface area contributed by atoms with Gasteiger partial charge in [0.2, 0.25) is 10.0 Å². The van der Waals surface area contributed by atoms with E-state index in [1.54, 1.807) is 41.2 Å². The number of rotatable bonds is 8. The van der Waals surface area contributed by atoms with Crippen molar-refractivity contribution in [1.29, 1.82) is 0 Å². The van der Waals surface area contributed by atoms with E-state index in [4.69, 9.17) is 0 Å². The molecular weight excluding hydrogens is 560 g/mol. The standard InChI is InChI=1S/C27H23F2N5O4S2/c1-2-39(35,36)32-21-9-18(24-7-4-20(28)12-25(24)29)10-22(13-21)33-16-30-26-11-17(3-8-27(26)33)19-14-31-34(15-19)40(37,38)23-5-6-23/h3-4,7-16,23,32H,2,5-6H2,1H3. The molecule has 1 aliphatic carbocycles. The fraction of sp³-hybridized carbons (Fsp3) is 0.185. The number of sulfonamides is 1. The second-order valence-electron chi connectivity index (χ2n) is 9.56. The Kier molecular flexibility index (Phi) is 6.22. The minimum atomic E-state index is -3.64. The summed E-state index contributed by atoms with van der Waals surface area (Å²) >= 11 is 0. The molecule has 1 N–H and O–H groups in total. The number of benzene rings is 3. The number of hydrogen-bond acceptors (Lipinski definition) is 6. The molecule has 5 aromatic rings. The lowest BCUT2D eigenvalue weighted by Gasteiger charge is -2.14. The topological polar surface area (TPSA) is 116 Å². The van der Waals surface area contributed by atoms with E-state index in [0.29, 0.717) is 46.3 Å². The fourth-order valence-electron chi connectivity index (χ4n) is 4.45. The van der Waals surface area contributed by atoms with Gasteiger partial charge in [-0.3, -0.25) is 9.29 Å². The van der Waals surface area contributed by atoms with Crippen LogP contribution in [-0.4, -0.2) is 46.6 Å². The number of fused-ring (bicyclic) bond motifs is 1. The minimum absolute atomic E-state index is 0.102. The van der Waals surface area contributed by atoms with Crippen LogP contribution in [0, 0.1) is 11.6 Å². The van der Waals surface area contributed by atoms with Crippen LogP contribution < -0.4 is 4.72 Å². The van der Waals surface area contributed by atoms with Crippen LogP contribution in [0.15, 0.2) is 73.3 Å². The van der Waals surface area contributed by atoms with Gasteiger partial charge in [-0.1, -0.05) is 6.07 Å². The number of nitrogens with zero attached hydrogens (tertiary/aromatic N) is 4. The molecule has 0 unspecified atom stereocenters. The molecule has 0 radical (unpaired) electrons. The van der Waals surface area contributed by atoms with Gasteiger partial charge in [-0.2, -0.15) is 9.19 Å². The van der Waals surface area contributed by atoms with E-state index >= 15 is 0 Å². The summed E-state index contributed by atoms with van der Waals surface area (Å²) in [5, 5.41) is 3.66. The lowest BCUT2D eigenvalue weighted by atomic mass is 10.0. The van der Waals surface area contributed by atoms with E-state index in [0.717, 1.165) is 16.2 Å². The molecule has 3 aromatic carbocycles.